The molecule has 37 heavy (non-hydrogen) atoms. The van der Waals surface area contributed by atoms with Gasteiger partial charge in [0.1, 0.15) is 5.75 Å². The summed E-state index contributed by atoms with van der Waals surface area (Å²) in [6.45, 7) is 0. The van der Waals surface area contributed by atoms with Crippen LogP contribution in [0.3, 0.4) is 0 Å². The predicted octanol–water partition coefficient (Wildman–Crippen LogP) is 5.61. The third-order valence-electron chi connectivity index (χ3n) is 5.13. The van der Waals surface area contributed by atoms with Crippen LogP contribution in [-0.2, 0) is 10.0 Å². The van der Waals surface area contributed by atoms with Gasteiger partial charge in [-0.2, -0.15) is 4.31 Å². The number of nitro groups is 1. The summed E-state index contributed by atoms with van der Waals surface area (Å²) in [7, 11) is -4.60. The molecule has 0 atom stereocenters. The molecular formula is C26H17BrN2O7S. The highest BCUT2D eigenvalue weighted by molar-refractivity contribution is 9.10. The fourth-order valence-corrected chi connectivity index (χ4v) is 5.25. The normalized spacial score (nSPS) is 10.9. The molecule has 4 rings (SSSR count). The lowest BCUT2D eigenvalue weighted by molar-refractivity contribution is -0.385. The second-order valence-corrected chi connectivity index (χ2v) is 10.2. The Kier molecular flexibility index (Phi) is 7.46. The van der Waals surface area contributed by atoms with Crippen LogP contribution in [0.2, 0.25) is 0 Å². The lowest BCUT2D eigenvalue weighted by atomic mass is 10.2. The quantitative estimate of drug-likeness (QED) is 0.120. The molecule has 4 aromatic rings. The number of halogens is 1. The minimum atomic E-state index is -4.60. The van der Waals surface area contributed by atoms with Crippen molar-refractivity contribution in [2.24, 2.45) is 0 Å². The van der Waals surface area contributed by atoms with Crippen molar-refractivity contribution in [3.8, 4) is 5.75 Å². The Morgan fingerprint density at radius 1 is 0.811 bits per heavy atom. The van der Waals surface area contributed by atoms with Crippen molar-refractivity contribution in [2.75, 3.05) is 4.31 Å². The Morgan fingerprint density at radius 2 is 1.43 bits per heavy atom. The Morgan fingerprint density at radius 3 is 2.03 bits per heavy atom. The van der Waals surface area contributed by atoms with Gasteiger partial charge in [0, 0.05) is 17.7 Å². The van der Waals surface area contributed by atoms with Crippen LogP contribution in [0.15, 0.2) is 112 Å². The van der Waals surface area contributed by atoms with Gasteiger partial charge in [0.2, 0.25) is 0 Å². The maximum atomic E-state index is 13.7. The zero-order valence-electron chi connectivity index (χ0n) is 18.9. The third-order valence-corrected chi connectivity index (χ3v) is 7.46. The van der Waals surface area contributed by atoms with E-state index < -0.39 is 37.4 Å². The van der Waals surface area contributed by atoms with Crippen molar-refractivity contribution in [1.29, 1.82) is 0 Å². The van der Waals surface area contributed by atoms with Crippen LogP contribution in [0.5, 0.6) is 5.75 Å². The highest BCUT2D eigenvalue weighted by Crippen LogP contribution is 2.34. The second-order valence-electron chi connectivity index (χ2n) is 7.57. The molecule has 0 saturated heterocycles. The van der Waals surface area contributed by atoms with Crippen LogP contribution in [-0.4, -0.2) is 25.2 Å². The summed E-state index contributed by atoms with van der Waals surface area (Å²) in [5, 5.41) is 11.2. The second kappa shape index (κ2) is 10.7. The Balaban J connectivity index is 1.77. The van der Waals surface area contributed by atoms with E-state index >= 15 is 0 Å². The molecule has 0 spiro atoms. The number of amides is 1. The van der Waals surface area contributed by atoms with Gasteiger partial charge in [0.15, 0.2) is 0 Å². The lowest BCUT2D eigenvalue weighted by Gasteiger charge is -2.23. The first-order valence-electron chi connectivity index (χ1n) is 10.6. The van der Waals surface area contributed by atoms with E-state index in [0.717, 1.165) is 12.1 Å². The van der Waals surface area contributed by atoms with E-state index in [1.54, 1.807) is 48.5 Å². The summed E-state index contributed by atoms with van der Waals surface area (Å²) >= 11 is 3.28. The molecule has 186 valence electrons. The molecule has 0 radical (unpaired) electrons. The minimum Gasteiger partial charge on any atom is -0.422 e. The molecular weight excluding hydrogens is 564 g/mol. The van der Waals surface area contributed by atoms with Gasteiger partial charge in [-0.25, -0.2) is 13.2 Å². The van der Waals surface area contributed by atoms with E-state index in [9.17, 15) is 28.1 Å². The number of nitrogens with zero attached hydrogens (tertiary/aromatic N) is 2. The Labute approximate surface area is 220 Å². The molecule has 0 aliphatic rings. The lowest BCUT2D eigenvalue weighted by Crippen LogP contribution is -2.37. The van der Waals surface area contributed by atoms with Crippen LogP contribution >= 0.6 is 15.9 Å². The monoisotopic (exact) mass is 580 g/mol. The van der Waals surface area contributed by atoms with Gasteiger partial charge in [-0.05, 0) is 64.5 Å². The molecule has 1 amide bonds. The first kappa shape index (κ1) is 25.7. The average molecular weight is 581 g/mol. The van der Waals surface area contributed by atoms with Gasteiger partial charge in [-0.15, -0.1) is 0 Å². The number of esters is 1. The van der Waals surface area contributed by atoms with Crippen molar-refractivity contribution >= 4 is 49.2 Å². The van der Waals surface area contributed by atoms with Crippen LogP contribution in [0, 0.1) is 10.1 Å². The minimum absolute atomic E-state index is 0.0761. The van der Waals surface area contributed by atoms with Crippen molar-refractivity contribution in [1.82, 2.24) is 0 Å². The van der Waals surface area contributed by atoms with Crippen LogP contribution in [0.25, 0.3) is 0 Å². The van der Waals surface area contributed by atoms with Gasteiger partial charge in [-0.3, -0.25) is 14.9 Å². The summed E-state index contributed by atoms with van der Waals surface area (Å²) in [5.74, 6) is -1.42. The number of ether oxygens (including phenoxy) is 1. The number of hydrogen-bond donors (Lipinski definition) is 0. The summed E-state index contributed by atoms with van der Waals surface area (Å²) in [4.78, 5) is 36.0. The number of hydrogen-bond acceptors (Lipinski definition) is 7. The first-order valence-corrected chi connectivity index (χ1v) is 12.9. The largest absolute Gasteiger partial charge is 0.422 e. The molecule has 0 N–H and O–H groups in total. The predicted molar refractivity (Wildman–Crippen MR) is 139 cm³/mol. The fraction of sp³-hybridized carbons (Fsp3) is 0. The number of sulfonamides is 1. The topological polar surface area (TPSA) is 124 Å². The molecule has 11 heteroatoms. The zero-order valence-corrected chi connectivity index (χ0v) is 21.3. The van der Waals surface area contributed by atoms with E-state index in [4.69, 9.17) is 4.74 Å². The van der Waals surface area contributed by atoms with Gasteiger partial charge < -0.3 is 4.74 Å². The summed E-state index contributed by atoms with van der Waals surface area (Å²) < 4.78 is 33.5. The standard InChI is InChI=1S/C26H17BrN2O7S/c27-23-17-20(14-15-24(23)36-26(31)19-10-5-2-6-11-19)28(25(30)18-8-3-1-4-9-18)37(34,35)22-13-7-12-21(16-22)29(32)33/h1-17H. The molecule has 0 aliphatic carbocycles. The molecule has 9 nitrogen and oxygen atoms in total. The summed E-state index contributed by atoms with van der Waals surface area (Å²) in [5.41, 5.74) is -0.135. The van der Waals surface area contributed by atoms with E-state index in [0.29, 0.717) is 9.87 Å². The van der Waals surface area contributed by atoms with E-state index in [2.05, 4.69) is 15.9 Å². The molecule has 0 heterocycles. The summed E-state index contributed by atoms with van der Waals surface area (Å²) in [6.07, 6.45) is 0. The molecule has 0 fully saturated rings. The van der Waals surface area contributed by atoms with Crippen LogP contribution in [0.4, 0.5) is 11.4 Å². The molecule has 0 bridgehead atoms. The van der Waals surface area contributed by atoms with Gasteiger partial charge in [0.25, 0.3) is 21.6 Å². The smallest absolute Gasteiger partial charge is 0.343 e. The van der Waals surface area contributed by atoms with E-state index in [1.165, 1.54) is 42.5 Å². The fourth-order valence-electron chi connectivity index (χ4n) is 3.36. The number of carbonyl (C=O) groups excluding carboxylic acids is 2. The first-order chi connectivity index (χ1) is 17.7. The van der Waals surface area contributed by atoms with E-state index in [1.807, 2.05) is 0 Å². The van der Waals surface area contributed by atoms with Crippen molar-refractivity contribution in [3.05, 3.63) is 129 Å². The zero-order chi connectivity index (χ0) is 26.6. The molecule has 0 aliphatic heterocycles. The highest BCUT2D eigenvalue weighted by atomic mass is 79.9. The SMILES string of the molecule is O=C(Oc1ccc(N(C(=O)c2ccccc2)S(=O)(=O)c2cccc([N+](=O)[O-])c2)cc1Br)c1ccccc1. The maximum absolute atomic E-state index is 13.7. The molecule has 0 unspecified atom stereocenters. The molecule has 0 saturated carbocycles. The van der Waals surface area contributed by atoms with Crippen LogP contribution in [0.1, 0.15) is 20.7 Å². The number of rotatable bonds is 7. The molecule has 4 aromatic carbocycles. The number of carbonyl (C=O) groups is 2. The Bertz CT molecular complexity index is 1590. The summed E-state index contributed by atoms with van der Waals surface area (Å²) in [6, 6.07) is 24.4. The van der Waals surface area contributed by atoms with Crippen molar-refractivity contribution in [3.63, 3.8) is 0 Å². The molecule has 0 aromatic heterocycles. The van der Waals surface area contributed by atoms with Gasteiger partial charge in [-0.1, -0.05) is 42.5 Å². The average Bonchev–Trinajstić information content (AvgIpc) is 2.91. The number of benzene rings is 4. The Hall–Kier alpha value is -4.35. The van der Waals surface area contributed by atoms with Gasteiger partial charge >= 0.3 is 5.97 Å². The van der Waals surface area contributed by atoms with Gasteiger partial charge in [0.05, 0.1) is 25.5 Å². The number of anilines is 1. The van der Waals surface area contributed by atoms with Crippen molar-refractivity contribution < 1.29 is 27.7 Å². The van der Waals surface area contributed by atoms with Crippen molar-refractivity contribution in [2.45, 2.75) is 4.90 Å². The third kappa shape index (κ3) is 5.57. The number of non-ortho nitro benzene ring substituents is 1. The maximum Gasteiger partial charge on any atom is 0.343 e. The van der Waals surface area contributed by atoms with Crippen LogP contribution < -0.4 is 9.04 Å². The highest BCUT2D eigenvalue weighted by Gasteiger charge is 2.33. The number of nitro benzene ring substituents is 1. The van der Waals surface area contributed by atoms with E-state index in [-0.39, 0.29) is 21.5 Å².